The summed E-state index contributed by atoms with van der Waals surface area (Å²) < 4.78 is 1.60. The standard InChI is InChI=1S/C11H11N3O3/c1-6(15)13-9-7(5-12)8-3-2-4-14(8)10(9)11(16)17/h2-4H2,1H3,(H,13,15)(H,16,17). The van der Waals surface area contributed by atoms with Gasteiger partial charge in [0.15, 0.2) is 5.69 Å². The maximum Gasteiger partial charge on any atom is 0.354 e. The molecule has 1 amide bonds. The Morgan fingerprint density at radius 3 is 2.76 bits per heavy atom. The third-order valence-electron chi connectivity index (χ3n) is 2.78. The van der Waals surface area contributed by atoms with Gasteiger partial charge in [0.05, 0.1) is 11.3 Å². The number of nitriles is 1. The van der Waals surface area contributed by atoms with Gasteiger partial charge in [0, 0.05) is 19.2 Å². The van der Waals surface area contributed by atoms with Gasteiger partial charge >= 0.3 is 5.97 Å². The van der Waals surface area contributed by atoms with E-state index >= 15 is 0 Å². The number of amides is 1. The summed E-state index contributed by atoms with van der Waals surface area (Å²) in [4.78, 5) is 22.3. The van der Waals surface area contributed by atoms with Gasteiger partial charge in [-0.05, 0) is 12.8 Å². The molecule has 0 bridgehead atoms. The van der Waals surface area contributed by atoms with Crippen molar-refractivity contribution < 1.29 is 14.7 Å². The smallest absolute Gasteiger partial charge is 0.354 e. The summed E-state index contributed by atoms with van der Waals surface area (Å²) in [5, 5.41) is 20.7. The molecule has 2 rings (SSSR count). The van der Waals surface area contributed by atoms with Crippen LogP contribution in [-0.4, -0.2) is 21.6 Å². The fraction of sp³-hybridized carbons (Fsp3) is 0.364. The van der Waals surface area contributed by atoms with Gasteiger partial charge < -0.3 is 15.0 Å². The lowest BCUT2D eigenvalue weighted by Gasteiger charge is -2.04. The van der Waals surface area contributed by atoms with Crippen LogP contribution >= 0.6 is 0 Å². The molecule has 0 radical (unpaired) electrons. The third kappa shape index (κ3) is 1.65. The highest BCUT2D eigenvalue weighted by Crippen LogP contribution is 2.32. The van der Waals surface area contributed by atoms with Gasteiger partial charge in [-0.15, -0.1) is 0 Å². The van der Waals surface area contributed by atoms with E-state index in [1.807, 2.05) is 6.07 Å². The topological polar surface area (TPSA) is 95.1 Å². The van der Waals surface area contributed by atoms with Crippen molar-refractivity contribution in [3.8, 4) is 6.07 Å². The molecular formula is C11H11N3O3. The van der Waals surface area contributed by atoms with Crippen LogP contribution < -0.4 is 5.32 Å². The fourth-order valence-electron chi connectivity index (χ4n) is 2.22. The number of carbonyl (C=O) groups excluding carboxylic acids is 1. The molecule has 6 heteroatoms. The number of aromatic nitrogens is 1. The Balaban J connectivity index is 2.67. The highest BCUT2D eigenvalue weighted by molar-refractivity contribution is 6.01. The Kier molecular flexibility index (Phi) is 2.60. The molecule has 17 heavy (non-hydrogen) atoms. The summed E-state index contributed by atoms with van der Waals surface area (Å²) >= 11 is 0. The van der Waals surface area contributed by atoms with Crippen molar-refractivity contribution >= 4 is 17.6 Å². The van der Waals surface area contributed by atoms with Crippen molar-refractivity contribution in [1.29, 1.82) is 5.26 Å². The van der Waals surface area contributed by atoms with E-state index in [2.05, 4.69) is 5.32 Å². The number of hydrogen-bond acceptors (Lipinski definition) is 3. The molecule has 0 aromatic carbocycles. The predicted octanol–water partition coefficient (Wildman–Crippen LogP) is 0.963. The van der Waals surface area contributed by atoms with Gasteiger partial charge in [-0.2, -0.15) is 5.26 Å². The van der Waals surface area contributed by atoms with Gasteiger partial charge in [-0.1, -0.05) is 0 Å². The average Bonchev–Trinajstić information content (AvgIpc) is 2.75. The number of aromatic carboxylic acids is 1. The van der Waals surface area contributed by atoms with E-state index in [-0.39, 0.29) is 22.9 Å². The Labute approximate surface area is 97.5 Å². The Morgan fingerprint density at radius 1 is 1.53 bits per heavy atom. The number of carboxylic acid groups (broad SMARTS) is 1. The SMILES string of the molecule is CC(=O)Nc1c(C#N)c2n(c1C(=O)O)CCC2. The van der Waals surface area contributed by atoms with Crippen LogP contribution in [0.2, 0.25) is 0 Å². The number of rotatable bonds is 2. The molecule has 1 aliphatic rings. The van der Waals surface area contributed by atoms with E-state index < -0.39 is 5.97 Å². The quantitative estimate of drug-likeness (QED) is 0.795. The Bertz CT molecular complexity index is 551. The molecule has 0 aliphatic carbocycles. The lowest BCUT2D eigenvalue weighted by molar-refractivity contribution is -0.114. The number of fused-ring (bicyclic) bond motifs is 1. The first-order valence-electron chi connectivity index (χ1n) is 5.22. The van der Waals surface area contributed by atoms with Gasteiger partial charge in [0.2, 0.25) is 5.91 Å². The third-order valence-corrected chi connectivity index (χ3v) is 2.78. The highest BCUT2D eigenvalue weighted by Gasteiger charge is 2.29. The molecule has 0 spiro atoms. The van der Waals surface area contributed by atoms with E-state index in [4.69, 9.17) is 5.26 Å². The van der Waals surface area contributed by atoms with Crippen LogP contribution in [0.5, 0.6) is 0 Å². The largest absolute Gasteiger partial charge is 0.477 e. The summed E-state index contributed by atoms with van der Waals surface area (Å²) in [5.74, 6) is -1.51. The molecule has 0 unspecified atom stereocenters. The van der Waals surface area contributed by atoms with Gasteiger partial charge in [0.1, 0.15) is 6.07 Å². The second-order valence-corrected chi connectivity index (χ2v) is 3.90. The first-order chi connectivity index (χ1) is 8.06. The van der Waals surface area contributed by atoms with Crippen LogP contribution in [0, 0.1) is 11.3 Å². The summed E-state index contributed by atoms with van der Waals surface area (Å²) in [6.07, 6.45) is 1.49. The highest BCUT2D eigenvalue weighted by atomic mass is 16.4. The number of nitrogens with one attached hydrogen (secondary N) is 1. The summed E-state index contributed by atoms with van der Waals surface area (Å²) in [6, 6.07) is 1.98. The van der Waals surface area contributed by atoms with E-state index in [9.17, 15) is 14.7 Å². The van der Waals surface area contributed by atoms with Crippen LogP contribution in [0.3, 0.4) is 0 Å². The zero-order valence-electron chi connectivity index (χ0n) is 9.28. The minimum atomic E-state index is -1.13. The molecule has 1 aromatic rings. The predicted molar refractivity (Wildman–Crippen MR) is 58.7 cm³/mol. The number of nitrogens with zero attached hydrogens (tertiary/aromatic N) is 2. The maximum atomic E-state index is 11.2. The molecule has 6 nitrogen and oxygen atoms in total. The monoisotopic (exact) mass is 233 g/mol. The molecular weight excluding hydrogens is 222 g/mol. The second-order valence-electron chi connectivity index (χ2n) is 3.90. The zero-order valence-corrected chi connectivity index (χ0v) is 9.28. The maximum absolute atomic E-state index is 11.2. The number of hydrogen-bond donors (Lipinski definition) is 2. The molecule has 2 heterocycles. The minimum Gasteiger partial charge on any atom is -0.477 e. The van der Waals surface area contributed by atoms with E-state index in [0.29, 0.717) is 18.7 Å². The fourth-order valence-corrected chi connectivity index (χ4v) is 2.22. The van der Waals surface area contributed by atoms with Crippen molar-refractivity contribution in [2.45, 2.75) is 26.3 Å². The van der Waals surface area contributed by atoms with Gasteiger partial charge in [-0.3, -0.25) is 4.79 Å². The van der Waals surface area contributed by atoms with Gasteiger partial charge in [-0.25, -0.2) is 4.79 Å². The van der Waals surface area contributed by atoms with Crippen molar-refractivity contribution in [3.05, 3.63) is 17.0 Å². The molecule has 2 N–H and O–H groups in total. The molecule has 1 aliphatic heterocycles. The van der Waals surface area contributed by atoms with Crippen LogP contribution in [-0.2, 0) is 17.8 Å². The van der Waals surface area contributed by atoms with E-state index in [1.165, 1.54) is 6.92 Å². The van der Waals surface area contributed by atoms with Crippen molar-refractivity contribution in [2.24, 2.45) is 0 Å². The number of carbonyl (C=O) groups is 2. The number of carboxylic acids is 1. The molecule has 1 aromatic heterocycles. The molecule has 0 saturated heterocycles. The Hall–Kier alpha value is -2.29. The first kappa shape index (κ1) is 11.2. The summed E-state index contributed by atoms with van der Waals surface area (Å²) in [5.41, 5.74) is 1.11. The van der Waals surface area contributed by atoms with Crippen LogP contribution in [0.25, 0.3) is 0 Å². The van der Waals surface area contributed by atoms with Crippen LogP contribution in [0.1, 0.15) is 35.1 Å². The van der Waals surface area contributed by atoms with E-state index in [1.54, 1.807) is 4.57 Å². The van der Waals surface area contributed by atoms with Crippen molar-refractivity contribution in [1.82, 2.24) is 4.57 Å². The molecule has 0 atom stereocenters. The molecule has 0 saturated carbocycles. The van der Waals surface area contributed by atoms with Crippen molar-refractivity contribution in [2.75, 3.05) is 5.32 Å². The Morgan fingerprint density at radius 2 is 2.24 bits per heavy atom. The lowest BCUT2D eigenvalue weighted by atomic mass is 10.1. The van der Waals surface area contributed by atoms with E-state index in [0.717, 1.165) is 6.42 Å². The molecule has 88 valence electrons. The molecule has 0 fully saturated rings. The minimum absolute atomic E-state index is 0.00394. The summed E-state index contributed by atoms with van der Waals surface area (Å²) in [6.45, 7) is 1.86. The van der Waals surface area contributed by atoms with Crippen LogP contribution in [0.15, 0.2) is 0 Å². The van der Waals surface area contributed by atoms with Crippen LogP contribution in [0.4, 0.5) is 5.69 Å². The van der Waals surface area contributed by atoms with Crippen molar-refractivity contribution in [3.63, 3.8) is 0 Å². The van der Waals surface area contributed by atoms with Gasteiger partial charge in [0.25, 0.3) is 0 Å². The average molecular weight is 233 g/mol. The second kappa shape index (κ2) is 3.94. The normalized spacial score (nSPS) is 12.9. The summed E-state index contributed by atoms with van der Waals surface area (Å²) in [7, 11) is 0. The lowest BCUT2D eigenvalue weighted by Crippen LogP contribution is -2.13. The number of anilines is 1. The first-order valence-corrected chi connectivity index (χ1v) is 5.22. The zero-order chi connectivity index (χ0) is 12.6.